The fourth-order valence-electron chi connectivity index (χ4n) is 7.88. The van der Waals surface area contributed by atoms with Crippen LogP contribution in [0.4, 0.5) is 79.0 Å². The quantitative estimate of drug-likeness (QED) is 0.0535. The molecule has 0 saturated heterocycles. The van der Waals surface area contributed by atoms with Crippen molar-refractivity contribution in [2.45, 2.75) is 0 Å². The molecule has 0 nitrogen and oxygen atoms in total. The summed E-state index contributed by atoms with van der Waals surface area (Å²) >= 11 is 0. The number of benzene rings is 8. The molecule has 58 heavy (non-hydrogen) atoms. The molecule has 0 atom stereocenters. The summed E-state index contributed by atoms with van der Waals surface area (Å²) in [5, 5.41) is -14.8. The molecule has 8 aromatic rings. The SMILES string of the molecule is Fc1cc(F)cc(-c2c3c(c(-c4cc(F)cc(F)c4)c4c(F)c5c(F)c(F)c(F)c(F)c5c(F)c24)-c2c(F)c4c(F)c(F)c(F)c(F)c4c4c(F)c(F)c(F)c-3c24)c1. The first-order valence-electron chi connectivity index (χ1n) is 15.9. The molecule has 0 saturated carbocycles. The highest BCUT2D eigenvalue weighted by molar-refractivity contribution is 6.32. The molecule has 0 radical (unpaired) electrons. The molecule has 1 aliphatic rings. The zero-order chi connectivity index (χ0) is 41.9. The van der Waals surface area contributed by atoms with Gasteiger partial charge < -0.3 is 0 Å². The highest BCUT2D eigenvalue weighted by Crippen LogP contribution is 2.62. The first kappa shape index (κ1) is 37.1. The van der Waals surface area contributed by atoms with Gasteiger partial charge in [0.1, 0.15) is 40.7 Å². The van der Waals surface area contributed by atoms with Gasteiger partial charge in [0.2, 0.25) is 0 Å². The van der Waals surface area contributed by atoms with Crippen LogP contribution in [0.25, 0.3) is 87.6 Å². The van der Waals surface area contributed by atoms with Gasteiger partial charge in [-0.15, -0.1) is 0 Å². The Kier molecular flexibility index (Phi) is 7.70. The fourth-order valence-corrected chi connectivity index (χ4v) is 7.88. The van der Waals surface area contributed by atoms with Crippen molar-refractivity contribution < 1.29 is 79.0 Å². The Bertz CT molecular complexity index is 3270. The maximum atomic E-state index is 17.2. The second-order valence-corrected chi connectivity index (χ2v) is 13.0. The zero-order valence-electron chi connectivity index (χ0n) is 27.3. The van der Waals surface area contributed by atoms with Gasteiger partial charge in [0, 0.05) is 72.4 Å². The number of rotatable bonds is 2. The van der Waals surface area contributed by atoms with Crippen molar-refractivity contribution in [3.05, 3.63) is 141 Å². The van der Waals surface area contributed by atoms with Crippen molar-refractivity contribution >= 4 is 43.1 Å². The Morgan fingerprint density at radius 3 is 0.810 bits per heavy atom. The predicted molar refractivity (Wildman–Crippen MR) is 171 cm³/mol. The van der Waals surface area contributed by atoms with E-state index in [1.54, 1.807) is 0 Å². The van der Waals surface area contributed by atoms with Gasteiger partial charge in [-0.1, -0.05) is 0 Å². The largest absolute Gasteiger partial charge is 0.207 e. The van der Waals surface area contributed by atoms with Crippen LogP contribution < -0.4 is 0 Å². The molecule has 8 aromatic carbocycles. The lowest BCUT2D eigenvalue weighted by Crippen LogP contribution is -2.06. The van der Waals surface area contributed by atoms with E-state index in [0.717, 1.165) is 0 Å². The van der Waals surface area contributed by atoms with Gasteiger partial charge in [0.25, 0.3) is 0 Å². The predicted octanol–water partition coefficient (Wildman–Crippen LogP) is 13.8. The average Bonchev–Trinajstić information content (AvgIpc) is 3.51. The molecule has 0 heterocycles. The Balaban J connectivity index is 1.74. The molecule has 18 heteroatoms. The third-order valence-corrected chi connectivity index (χ3v) is 9.98. The molecular weight excluding hydrogens is 822 g/mol. The number of halogens is 18. The summed E-state index contributed by atoms with van der Waals surface area (Å²) in [5.74, 6) is -42.9. The molecule has 0 bridgehead atoms. The summed E-state index contributed by atoms with van der Waals surface area (Å²) in [6.07, 6.45) is 0. The maximum Gasteiger partial charge on any atom is 0.198 e. The summed E-state index contributed by atoms with van der Waals surface area (Å²) in [5.41, 5.74) is -11.1. The van der Waals surface area contributed by atoms with E-state index < -0.39 is 192 Å². The Labute approximate surface area is 307 Å². The van der Waals surface area contributed by atoms with Gasteiger partial charge in [-0.2, -0.15) is 0 Å². The van der Waals surface area contributed by atoms with Crippen molar-refractivity contribution in [3.63, 3.8) is 0 Å². The molecule has 0 aromatic heterocycles. The van der Waals surface area contributed by atoms with Crippen LogP contribution in [0.1, 0.15) is 0 Å². The summed E-state index contributed by atoms with van der Waals surface area (Å²) in [7, 11) is 0. The highest BCUT2D eigenvalue weighted by Gasteiger charge is 2.43. The maximum absolute atomic E-state index is 17.2. The van der Waals surface area contributed by atoms with E-state index in [4.69, 9.17) is 0 Å². The monoisotopic (exact) mass is 828 g/mol. The van der Waals surface area contributed by atoms with Gasteiger partial charge in [0.05, 0.1) is 16.2 Å². The Hall–Kier alpha value is -6.46. The molecule has 0 fully saturated rings. The Morgan fingerprint density at radius 1 is 0.172 bits per heavy atom. The Morgan fingerprint density at radius 2 is 0.448 bits per heavy atom. The molecule has 0 spiro atoms. The molecule has 9 rings (SSSR count). The van der Waals surface area contributed by atoms with Crippen molar-refractivity contribution in [2.24, 2.45) is 0 Å². The van der Waals surface area contributed by atoms with E-state index >= 15 is 43.9 Å². The van der Waals surface area contributed by atoms with Crippen molar-refractivity contribution in [1.29, 1.82) is 0 Å². The van der Waals surface area contributed by atoms with E-state index in [2.05, 4.69) is 0 Å². The van der Waals surface area contributed by atoms with Crippen LogP contribution in [0.2, 0.25) is 0 Å². The normalized spacial score (nSPS) is 12.3. The lowest BCUT2D eigenvalue weighted by Gasteiger charge is -2.23. The lowest BCUT2D eigenvalue weighted by atomic mass is 9.80. The molecule has 0 N–H and O–H groups in total. The number of fused-ring (bicyclic) bond motifs is 7. The summed E-state index contributed by atoms with van der Waals surface area (Å²) < 4.78 is 280. The van der Waals surface area contributed by atoms with Crippen molar-refractivity contribution in [1.82, 2.24) is 0 Å². The minimum absolute atomic E-state index is 0.152. The van der Waals surface area contributed by atoms with Gasteiger partial charge in [0.15, 0.2) is 64.0 Å². The summed E-state index contributed by atoms with van der Waals surface area (Å²) in [4.78, 5) is 0. The van der Waals surface area contributed by atoms with Crippen LogP contribution in [0, 0.1) is 105 Å². The third-order valence-electron chi connectivity index (χ3n) is 9.98. The molecule has 0 unspecified atom stereocenters. The smallest absolute Gasteiger partial charge is 0.198 e. The van der Waals surface area contributed by atoms with Crippen LogP contribution in [0.5, 0.6) is 0 Å². The second kappa shape index (κ2) is 12.0. The van der Waals surface area contributed by atoms with Gasteiger partial charge in [-0.25, -0.2) is 79.0 Å². The topological polar surface area (TPSA) is 0 Å². The minimum atomic E-state index is -2.76. The van der Waals surface area contributed by atoms with Crippen LogP contribution in [-0.4, -0.2) is 0 Å². The van der Waals surface area contributed by atoms with Gasteiger partial charge in [-0.3, -0.25) is 0 Å². The summed E-state index contributed by atoms with van der Waals surface area (Å²) in [6.45, 7) is 0. The molecule has 0 aliphatic heterocycles. The zero-order valence-corrected chi connectivity index (χ0v) is 27.3. The average molecular weight is 828 g/mol. The fraction of sp³-hybridized carbons (Fsp3) is 0. The van der Waals surface area contributed by atoms with E-state index in [1.807, 2.05) is 0 Å². The van der Waals surface area contributed by atoms with Crippen LogP contribution >= 0.6 is 0 Å². The standard InChI is InChI=1S/C40H6F18/c41-9-1-7(2-10(42)5-9)13-15-16(21-17-20(15)29(47)24-23(22(17)31(49)36(54)30(21)48)32(50)37(55)38(56)33(24)51)14(8-3-11(43)6-12(44)4-8)19-18(13)27(45)25-26(28(19)46)35(53)40(58)39(57)34(25)52/h1-6H. The third kappa shape index (κ3) is 4.47. The molecule has 292 valence electrons. The van der Waals surface area contributed by atoms with Gasteiger partial charge >= 0.3 is 0 Å². The van der Waals surface area contributed by atoms with E-state index in [0.29, 0.717) is 0 Å². The van der Waals surface area contributed by atoms with Crippen molar-refractivity contribution in [2.75, 3.05) is 0 Å². The van der Waals surface area contributed by atoms with Gasteiger partial charge in [-0.05, 0) is 35.4 Å². The van der Waals surface area contributed by atoms with Crippen LogP contribution in [-0.2, 0) is 0 Å². The first-order chi connectivity index (χ1) is 27.3. The van der Waals surface area contributed by atoms with E-state index in [-0.39, 0.29) is 36.4 Å². The summed E-state index contributed by atoms with van der Waals surface area (Å²) in [6, 6.07) is 1.29. The van der Waals surface area contributed by atoms with Crippen LogP contribution in [0.3, 0.4) is 0 Å². The van der Waals surface area contributed by atoms with E-state index in [1.165, 1.54) is 0 Å². The number of hydrogen-bond acceptors (Lipinski definition) is 0. The minimum Gasteiger partial charge on any atom is -0.207 e. The first-order valence-corrected chi connectivity index (χ1v) is 15.9. The highest BCUT2D eigenvalue weighted by atomic mass is 19.2. The van der Waals surface area contributed by atoms with E-state index in [9.17, 15) is 35.1 Å². The van der Waals surface area contributed by atoms with Crippen LogP contribution in [0.15, 0.2) is 36.4 Å². The molecular formula is C40H6F18. The number of hydrogen-bond donors (Lipinski definition) is 0. The second-order valence-electron chi connectivity index (χ2n) is 13.0. The molecule has 0 amide bonds. The van der Waals surface area contributed by atoms with Crippen molar-refractivity contribution in [3.8, 4) is 44.5 Å². The molecule has 1 aliphatic carbocycles. The lowest BCUT2D eigenvalue weighted by molar-refractivity contribution is 0.415.